The summed E-state index contributed by atoms with van der Waals surface area (Å²) >= 11 is 0. The van der Waals surface area contributed by atoms with Crippen LogP contribution in [-0.4, -0.2) is 15.6 Å². The van der Waals surface area contributed by atoms with E-state index in [1.807, 2.05) is 6.07 Å². The summed E-state index contributed by atoms with van der Waals surface area (Å²) < 4.78 is 1.51. The molecular formula is C10H9NO2. The molecule has 3 heteroatoms. The average Bonchev–Trinajstić information content (AvgIpc) is 2.46. The van der Waals surface area contributed by atoms with Crippen molar-refractivity contribution in [1.82, 2.24) is 4.57 Å². The van der Waals surface area contributed by atoms with E-state index in [0.717, 1.165) is 10.9 Å². The van der Waals surface area contributed by atoms with Crippen LogP contribution < -0.4 is 0 Å². The third kappa shape index (κ3) is 1.18. The van der Waals surface area contributed by atoms with E-state index in [9.17, 15) is 9.90 Å². The number of aromatic nitrogens is 1. The summed E-state index contributed by atoms with van der Waals surface area (Å²) in [4.78, 5) is 11.1. The van der Waals surface area contributed by atoms with E-state index >= 15 is 0 Å². The molecule has 0 fully saturated rings. The normalized spacial score (nSPS) is 10.5. The number of hydrogen-bond acceptors (Lipinski definition) is 2. The van der Waals surface area contributed by atoms with Gasteiger partial charge in [-0.25, -0.2) is 0 Å². The Hall–Kier alpha value is -1.77. The smallest absolute Gasteiger partial charge is 0.227 e. The molecule has 3 nitrogen and oxygen atoms in total. The zero-order valence-corrected chi connectivity index (χ0v) is 7.19. The molecule has 0 atom stereocenters. The third-order valence-electron chi connectivity index (χ3n) is 2.02. The van der Waals surface area contributed by atoms with Crippen LogP contribution in [0.2, 0.25) is 0 Å². The molecular weight excluding hydrogens is 166 g/mol. The average molecular weight is 175 g/mol. The molecule has 0 radical (unpaired) electrons. The van der Waals surface area contributed by atoms with Gasteiger partial charge in [0.2, 0.25) is 5.91 Å². The van der Waals surface area contributed by atoms with Crippen molar-refractivity contribution in [2.75, 3.05) is 0 Å². The van der Waals surface area contributed by atoms with Gasteiger partial charge in [-0.3, -0.25) is 9.36 Å². The number of phenols is 1. The molecule has 0 amide bonds. The lowest BCUT2D eigenvalue weighted by Crippen LogP contribution is -2.02. The molecule has 0 aliphatic heterocycles. The first-order valence-corrected chi connectivity index (χ1v) is 3.99. The molecule has 0 saturated carbocycles. The Labute approximate surface area is 75.2 Å². The van der Waals surface area contributed by atoms with E-state index in [0.29, 0.717) is 0 Å². The zero-order valence-electron chi connectivity index (χ0n) is 7.19. The molecule has 0 aliphatic carbocycles. The van der Waals surface area contributed by atoms with Crippen molar-refractivity contribution in [3.63, 3.8) is 0 Å². The number of aromatic hydroxyl groups is 1. The molecule has 0 bridgehead atoms. The second kappa shape index (κ2) is 2.62. The van der Waals surface area contributed by atoms with Gasteiger partial charge in [-0.1, -0.05) is 0 Å². The predicted octanol–water partition coefficient (Wildman–Crippen LogP) is 2.01. The van der Waals surface area contributed by atoms with Gasteiger partial charge in [-0.15, -0.1) is 0 Å². The Morgan fingerprint density at radius 3 is 2.85 bits per heavy atom. The summed E-state index contributed by atoms with van der Waals surface area (Å²) in [7, 11) is 0. The summed E-state index contributed by atoms with van der Waals surface area (Å²) in [5.41, 5.74) is 0.743. The molecule has 1 N–H and O–H groups in total. The van der Waals surface area contributed by atoms with Crippen molar-refractivity contribution in [3.05, 3.63) is 30.5 Å². The predicted molar refractivity (Wildman–Crippen MR) is 49.9 cm³/mol. The monoisotopic (exact) mass is 175 g/mol. The summed E-state index contributed by atoms with van der Waals surface area (Å²) in [6.07, 6.45) is 1.70. The van der Waals surface area contributed by atoms with Crippen LogP contribution in [0.5, 0.6) is 5.75 Å². The van der Waals surface area contributed by atoms with E-state index in [4.69, 9.17) is 0 Å². The van der Waals surface area contributed by atoms with Gasteiger partial charge in [0, 0.05) is 24.6 Å². The van der Waals surface area contributed by atoms with Crippen molar-refractivity contribution >= 4 is 16.8 Å². The third-order valence-corrected chi connectivity index (χ3v) is 2.02. The van der Waals surface area contributed by atoms with Crippen LogP contribution >= 0.6 is 0 Å². The summed E-state index contributed by atoms with van der Waals surface area (Å²) in [6.45, 7) is 1.49. The van der Waals surface area contributed by atoms with Crippen LogP contribution in [0.4, 0.5) is 0 Å². The number of benzene rings is 1. The van der Waals surface area contributed by atoms with E-state index < -0.39 is 0 Å². The van der Waals surface area contributed by atoms with Crippen LogP contribution in [0, 0.1) is 0 Å². The summed E-state index contributed by atoms with van der Waals surface area (Å²) in [5.74, 6) is 0.120. The van der Waals surface area contributed by atoms with Gasteiger partial charge >= 0.3 is 0 Å². The molecule has 1 heterocycles. The fraction of sp³-hybridized carbons (Fsp3) is 0.100. The largest absolute Gasteiger partial charge is 0.508 e. The van der Waals surface area contributed by atoms with E-state index in [-0.39, 0.29) is 11.7 Å². The molecule has 66 valence electrons. The van der Waals surface area contributed by atoms with E-state index in [2.05, 4.69) is 0 Å². The van der Waals surface area contributed by atoms with Crippen LogP contribution in [0.15, 0.2) is 30.5 Å². The molecule has 0 aliphatic rings. The Bertz CT molecular complexity index is 471. The first kappa shape index (κ1) is 7.86. The van der Waals surface area contributed by atoms with Crippen molar-refractivity contribution < 1.29 is 9.90 Å². The van der Waals surface area contributed by atoms with E-state index in [1.165, 1.54) is 11.5 Å². The minimum absolute atomic E-state index is 0.0550. The Morgan fingerprint density at radius 2 is 2.15 bits per heavy atom. The lowest BCUT2D eigenvalue weighted by Gasteiger charge is -1.98. The van der Waals surface area contributed by atoms with Gasteiger partial charge in [0.1, 0.15) is 5.75 Å². The molecule has 0 unspecified atom stereocenters. The highest BCUT2D eigenvalue weighted by molar-refractivity contribution is 5.92. The lowest BCUT2D eigenvalue weighted by molar-refractivity contribution is 0.0941. The maximum atomic E-state index is 11.1. The van der Waals surface area contributed by atoms with Gasteiger partial charge in [0.15, 0.2) is 0 Å². The van der Waals surface area contributed by atoms with Crippen LogP contribution in [0.1, 0.15) is 11.7 Å². The first-order valence-electron chi connectivity index (χ1n) is 3.99. The molecule has 13 heavy (non-hydrogen) atoms. The number of rotatable bonds is 0. The zero-order chi connectivity index (χ0) is 9.42. The van der Waals surface area contributed by atoms with Gasteiger partial charge in [-0.05, 0) is 18.2 Å². The van der Waals surface area contributed by atoms with Gasteiger partial charge < -0.3 is 5.11 Å². The highest BCUT2D eigenvalue weighted by atomic mass is 16.3. The molecule has 2 rings (SSSR count). The molecule has 0 spiro atoms. The topological polar surface area (TPSA) is 42.2 Å². The van der Waals surface area contributed by atoms with Crippen molar-refractivity contribution in [3.8, 4) is 5.75 Å². The van der Waals surface area contributed by atoms with Crippen LogP contribution in [0.3, 0.4) is 0 Å². The molecule has 1 aromatic carbocycles. The van der Waals surface area contributed by atoms with Gasteiger partial charge in [-0.2, -0.15) is 0 Å². The summed E-state index contributed by atoms with van der Waals surface area (Å²) in [6, 6.07) is 6.81. The summed E-state index contributed by atoms with van der Waals surface area (Å²) in [5, 5.41) is 10.2. The fourth-order valence-corrected chi connectivity index (χ4v) is 1.39. The molecule has 0 saturated heterocycles. The van der Waals surface area contributed by atoms with Crippen LogP contribution in [0.25, 0.3) is 10.9 Å². The minimum atomic E-state index is -0.0550. The number of phenolic OH excluding ortho intramolecular Hbond substituents is 1. The Morgan fingerprint density at radius 1 is 1.38 bits per heavy atom. The molecule has 2 aromatic rings. The second-order valence-corrected chi connectivity index (χ2v) is 2.95. The minimum Gasteiger partial charge on any atom is -0.508 e. The number of carbonyl (C=O) groups is 1. The van der Waals surface area contributed by atoms with Crippen molar-refractivity contribution in [1.29, 1.82) is 0 Å². The molecule has 1 aromatic heterocycles. The number of fused-ring (bicyclic) bond motifs is 1. The Balaban J connectivity index is 2.79. The van der Waals surface area contributed by atoms with Gasteiger partial charge in [0.25, 0.3) is 0 Å². The standard InChI is InChI=1S/C10H9NO2/c1-7(12)11-5-4-8-2-3-9(13)6-10(8)11/h2-6,13H,1H3. The highest BCUT2D eigenvalue weighted by Crippen LogP contribution is 2.20. The fourth-order valence-electron chi connectivity index (χ4n) is 1.39. The quantitative estimate of drug-likeness (QED) is 0.665. The van der Waals surface area contributed by atoms with Gasteiger partial charge in [0.05, 0.1) is 5.52 Å². The maximum Gasteiger partial charge on any atom is 0.227 e. The second-order valence-electron chi connectivity index (χ2n) is 2.95. The van der Waals surface area contributed by atoms with Crippen molar-refractivity contribution in [2.24, 2.45) is 0 Å². The SMILES string of the molecule is CC(=O)n1ccc2ccc(O)cc21. The highest BCUT2D eigenvalue weighted by Gasteiger charge is 2.04. The van der Waals surface area contributed by atoms with Crippen LogP contribution in [-0.2, 0) is 0 Å². The maximum absolute atomic E-state index is 11.1. The van der Waals surface area contributed by atoms with E-state index in [1.54, 1.807) is 24.4 Å². The number of hydrogen-bond donors (Lipinski definition) is 1. The lowest BCUT2D eigenvalue weighted by atomic mass is 10.2. The van der Waals surface area contributed by atoms with Crippen molar-refractivity contribution in [2.45, 2.75) is 6.92 Å². The number of nitrogens with zero attached hydrogens (tertiary/aromatic N) is 1. The Kier molecular flexibility index (Phi) is 1.59. The first-order chi connectivity index (χ1) is 6.18. The number of carbonyl (C=O) groups excluding carboxylic acids is 1.